The summed E-state index contributed by atoms with van der Waals surface area (Å²) >= 11 is 0. The van der Waals surface area contributed by atoms with Gasteiger partial charge in [0.05, 0.1) is 11.9 Å². The lowest BCUT2D eigenvalue weighted by molar-refractivity contribution is 0.274. The molecule has 0 amide bonds. The summed E-state index contributed by atoms with van der Waals surface area (Å²) in [7, 11) is 0. The number of aryl methyl sites for hydroxylation is 1. The van der Waals surface area contributed by atoms with Crippen molar-refractivity contribution in [2.24, 2.45) is 0 Å². The van der Waals surface area contributed by atoms with E-state index in [1.165, 1.54) is 13.0 Å². The van der Waals surface area contributed by atoms with Crippen LogP contribution in [-0.4, -0.2) is 39.9 Å². The van der Waals surface area contributed by atoms with Crippen molar-refractivity contribution in [3.05, 3.63) is 12.4 Å². The lowest BCUT2D eigenvalue weighted by Gasteiger charge is -2.20. The predicted octanol–water partition coefficient (Wildman–Crippen LogP) is 1.80. The first kappa shape index (κ1) is 11.5. The van der Waals surface area contributed by atoms with Gasteiger partial charge in [-0.05, 0) is 27.2 Å². The summed E-state index contributed by atoms with van der Waals surface area (Å²) in [6.07, 6.45) is 5.23. The van der Waals surface area contributed by atoms with Crippen molar-refractivity contribution in [2.45, 2.75) is 45.8 Å². The maximum atomic E-state index is 4.27. The topological polar surface area (TPSA) is 33.1 Å². The molecule has 1 N–H and O–H groups in total. The second-order valence-electron chi connectivity index (χ2n) is 4.80. The van der Waals surface area contributed by atoms with Crippen LogP contribution in [0.15, 0.2) is 12.4 Å². The second kappa shape index (κ2) is 4.87. The molecule has 0 bridgehead atoms. The van der Waals surface area contributed by atoms with Crippen LogP contribution < -0.4 is 5.32 Å². The molecule has 1 saturated heterocycles. The molecule has 1 aliphatic rings. The van der Waals surface area contributed by atoms with Gasteiger partial charge in [-0.15, -0.1) is 0 Å². The van der Waals surface area contributed by atoms with Gasteiger partial charge in [-0.25, -0.2) is 0 Å². The standard InChI is InChI=1S/C12H22N4/c1-4-16-9-12(7-13-16)14-11-5-6-15(8-11)10(2)3/h7,9-11,14H,4-6,8H2,1-3H3. The molecule has 0 spiro atoms. The van der Waals surface area contributed by atoms with Crippen molar-refractivity contribution in [3.63, 3.8) is 0 Å². The van der Waals surface area contributed by atoms with Gasteiger partial charge in [0.25, 0.3) is 0 Å². The van der Waals surface area contributed by atoms with Crippen molar-refractivity contribution in [1.82, 2.24) is 14.7 Å². The number of likely N-dealkylation sites (tertiary alicyclic amines) is 1. The Labute approximate surface area is 97.6 Å². The lowest BCUT2D eigenvalue weighted by Crippen LogP contribution is -2.31. The van der Waals surface area contributed by atoms with Gasteiger partial charge in [-0.1, -0.05) is 0 Å². The van der Waals surface area contributed by atoms with Crippen molar-refractivity contribution in [2.75, 3.05) is 18.4 Å². The molecule has 2 heterocycles. The Balaban J connectivity index is 1.87. The average Bonchev–Trinajstić information content (AvgIpc) is 2.87. The summed E-state index contributed by atoms with van der Waals surface area (Å²) in [4.78, 5) is 2.52. The van der Waals surface area contributed by atoms with E-state index in [-0.39, 0.29) is 0 Å². The Bertz CT molecular complexity index is 332. The quantitative estimate of drug-likeness (QED) is 0.843. The zero-order valence-corrected chi connectivity index (χ0v) is 10.5. The van der Waals surface area contributed by atoms with E-state index in [2.05, 4.69) is 42.3 Å². The van der Waals surface area contributed by atoms with Gasteiger partial charge in [-0.2, -0.15) is 5.10 Å². The zero-order valence-electron chi connectivity index (χ0n) is 10.5. The van der Waals surface area contributed by atoms with Crippen LogP contribution in [-0.2, 0) is 6.54 Å². The average molecular weight is 222 g/mol. The van der Waals surface area contributed by atoms with E-state index >= 15 is 0 Å². The molecule has 1 atom stereocenters. The van der Waals surface area contributed by atoms with Crippen LogP contribution in [0.4, 0.5) is 5.69 Å². The Kier molecular flexibility index (Phi) is 3.49. The van der Waals surface area contributed by atoms with Gasteiger partial charge in [0.2, 0.25) is 0 Å². The molecule has 4 nitrogen and oxygen atoms in total. The monoisotopic (exact) mass is 222 g/mol. The van der Waals surface area contributed by atoms with E-state index in [9.17, 15) is 0 Å². The zero-order chi connectivity index (χ0) is 11.5. The highest BCUT2D eigenvalue weighted by Crippen LogP contribution is 2.17. The highest BCUT2D eigenvalue weighted by Gasteiger charge is 2.23. The first-order valence-electron chi connectivity index (χ1n) is 6.22. The van der Waals surface area contributed by atoms with Crippen molar-refractivity contribution in [3.8, 4) is 0 Å². The lowest BCUT2D eigenvalue weighted by atomic mass is 10.2. The van der Waals surface area contributed by atoms with Gasteiger partial charge >= 0.3 is 0 Å². The van der Waals surface area contributed by atoms with Gasteiger partial charge in [0, 0.05) is 37.9 Å². The fourth-order valence-corrected chi connectivity index (χ4v) is 2.22. The maximum absolute atomic E-state index is 4.27. The highest BCUT2D eigenvalue weighted by molar-refractivity contribution is 5.39. The summed E-state index contributed by atoms with van der Waals surface area (Å²) in [5.74, 6) is 0. The number of hydrogen-bond acceptors (Lipinski definition) is 3. The third kappa shape index (κ3) is 2.55. The fourth-order valence-electron chi connectivity index (χ4n) is 2.22. The molecule has 1 aromatic heterocycles. The molecule has 4 heteroatoms. The van der Waals surface area contributed by atoms with Crippen molar-refractivity contribution in [1.29, 1.82) is 0 Å². The molecule has 1 aliphatic heterocycles. The van der Waals surface area contributed by atoms with E-state index in [0.29, 0.717) is 12.1 Å². The van der Waals surface area contributed by atoms with E-state index in [1.807, 2.05) is 10.9 Å². The van der Waals surface area contributed by atoms with E-state index in [4.69, 9.17) is 0 Å². The normalized spacial score (nSPS) is 21.9. The summed E-state index contributed by atoms with van der Waals surface area (Å²) < 4.78 is 1.96. The minimum absolute atomic E-state index is 0.580. The molecule has 1 aromatic rings. The summed E-state index contributed by atoms with van der Waals surface area (Å²) in [6, 6.07) is 1.24. The van der Waals surface area contributed by atoms with Crippen LogP contribution in [0.3, 0.4) is 0 Å². The van der Waals surface area contributed by atoms with Crippen molar-refractivity contribution >= 4 is 5.69 Å². The fraction of sp³-hybridized carbons (Fsp3) is 0.750. The number of hydrogen-bond donors (Lipinski definition) is 1. The molecule has 0 aliphatic carbocycles. The highest BCUT2D eigenvalue weighted by atomic mass is 15.3. The smallest absolute Gasteiger partial charge is 0.0729 e. The first-order valence-corrected chi connectivity index (χ1v) is 6.22. The molecule has 1 unspecified atom stereocenters. The largest absolute Gasteiger partial charge is 0.378 e. The summed E-state index contributed by atoms with van der Waals surface area (Å²) in [5.41, 5.74) is 1.15. The molecule has 16 heavy (non-hydrogen) atoms. The van der Waals surface area contributed by atoms with Gasteiger partial charge in [-0.3, -0.25) is 9.58 Å². The van der Waals surface area contributed by atoms with Crippen LogP contribution >= 0.6 is 0 Å². The van der Waals surface area contributed by atoms with E-state index in [1.54, 1.807) is 0 Å². The van der Waals surface area contributed by atoms with Gasteiger partial charge in [0.1, 0.15) is 0 Å². The molecule has 0 saturated carbocycles. The molecular weight excluding hydrogens is 200 g/mol. The maximum Gasteiger partial charge on any atom is 0.0729 e. The van der Waals surface area contributed by atoms with Crippen LogP contribution in [0, 0.1) is 0 Å². The number of rotatable bonds is 4. The number of anilines is 1. The van der Waals surface area contributed by atoms with Crippen molar-refractivity contribution < 1.29 is 0 Å². The van der Waals surface area contributed by atoms with Crippen LogP contribution in [0.5, 0.6) is 0 Å². The Hall–Kier alpha value is -1.03. The molecule has 2 rings (SSSR count). The van der Waals surface area contributed by atoms with Crippen LogP contribution in [0.1, 0.15) is 27.2 Å². The third-order valence-electron chi connectivity index (χ3n) is 3.28. The molecular formula is C12H22N4. The predicted molar refractivity (Wildman–Crippen MR) is 66.6 cm³/mol. The van der Waals surface area contributed by atoms with Gasteiger partial charge < -0.3 is 5.32 Å². The molecule has 90 valence electrons. The number of nitrogens with one attached hydrogen (secondary N) is 1. The third-order valence-corrected chi connectivity index (χ3v) is 3.28. The first-order chi connectivity index (χ1) is 7.69. The Morgan fingerprint density at radius 2 is 2.38 bits per heavy atom. The van der Waals surface area contributed by atoms with E-state index in [0.717, 1.165) is 18.8 Å². The Morgan fingerprint density at radius 1 is 1.56 bits per heavy atom. The Morgan fingerprint density at radius 3 is 2.94 bits per heavy atom. The minimum atomic E-state index is 0.580. The minimum Gasteiger partial charge on any atom is -0.378 e. The number of aromatic nitrogens is 2. The van der Waals surface area contributed by atoms with Gasteiger partial charge in [0.15, 0.2) is 0 Å². The second-order valence-corrected chi connectivity index (χ2v) is 4.80. The molecule has 1 fully saturated rings. The SMILES string of the molecule is CCn1cc(NC2CCN(C(C)C)C2)cn1. The van der Waals surface area contributed by atoms with Crippen LogP contribution in [0.2, 0.25) is 0 Å². The summed E-state index contributed by atoms with van der Waals surface area (Å²) in [6.45, 7) is 9.92. The summed E-state index contributed by atoms with van der Waals surface area (Å²) in [5, 5.41) is 7.83. The van der Waals surface area contributed by atoms with Crippen LogP contribution in [0.25, 0.3) is 0 Å². The van der Waals surface area contributed by atoms with E-state index < -0.39 is 0 Å². The number of nitrogens with zero attached hydrogens (tertiary/aromatic N) is 3. The molecule has 0 aromatic carbocycles. The molecule has 0 radical (unpaired) electrons.